The summed E-state index contributed by atoms with van der Waals surface area (Å²) in [6.07, 6.45) is 9.11. The van der Waals surface area contributed by atoms with E-state index in [-0.39, 0.29) is 16.3 Å². The summed E-state index contributed by atoms with van der Waals surface area (Å²) in [7, 11) is 0. The number of fused-ring (bicyclic) bond motifs is 1. The van der Waals surface area contributed by atoms with Crippen LogP contribution in [0, 0.1) is 23.5 Å². The third-order valence-corrected chi connectivity index (χ3v) is 5.85. The maximum Gasteiger partial charge on any atom is 0.202 e. The van der Waals surface area contributed by atoms with Crippen molar-refractivity contribution in [2.24, 2.45) is 11.8 Å². The monoisotopic (exact) mass is 372 g/mol. The molecule has 1 fully saturated rings. The summed E-state index contributed by atoms with van der Waals surface area (Å²) in [5.41, 5.74) is 0.779. The fourth-order valence-electron chi connectivity index (χ4n) is 4.04. The minimum absolute atomic E-state index is 0.0464. The highest BCUT2D eigenvalue weighted by atomic mass is 79.9. The Morgan fingerprint density at radius 2 is 1.86 bits per heavy atom. The van der Waals surface area contributed by atoms with Crippen molar-refractivity contribution in [1.29, 1.82) is 0 Å². The minimum Gasteiger partial charge on any atom is -0.487 e. The van der Waals surface area contributed by atoms with Crippen LogP contribution in [-0.2, 0) is 6.42 Å². The van der Waals surface area contributed by atoms with Crippen molar-refractivity contribution in [3.63, 3.8) is 0 Å². The zero-order valence-corrected chi connectivity index (χ0v) is 14.6. The molecule has 0 aromatic heterocycles. The second kappa shape index (κ2) is 6.86. The highest BCUT2D eigenvalue weighted by Crippen LogP contribution is 2.41. The SMILES string of the molecule is CCCC1CCC(C2CCc3cc(Br)c(F)c(F)c3O2)CC1. The third-order valence-electron chi connectivity index (χ3n) is 5.28. The fraction of sp³-hybridized carbons (Fsp3) is 0.667. The van der Waals surface area contributed by atoms with E-state index in [2.05, 4.69) is 22.9 Å². The molecule has 1 atom stereocenters. The lowest BCUT2D eigenvalue weighted by atomic mass is 9.76. The van der Waals surface area contributed by atoms with E-state index in [4.69, 9.17) is 4.74 Å². The van der Waals surface area contributed by atoms with Crippen LogP contribution in [0.4, 0.5) is 8.78 Å². The number of ether oxygens (including phenoxy) is 1. The lowest BCUT2D eigenvalue weighted by Crippen LogP contribution is -2.34. The van der Waals surface area contributed by atoms with Crippen LogP contribution in [-0.4, -0.2) is 6.10 Å². The highest BCUT2D eigenvalue weighted by molar-refractivity contribution is 9.10. The van der Waals surface area contributed by atoms with Crippen LogP contribution < -0.4 is 4.74 Å². The van der Waals surface area contributed by atoms with Gasteiger partial charge in [-0.25, -0.2) is 4.39 Å². The zero-order valence-electron chi connectivity index (χ0n) is 13.0. The Labute approximate surface area is 139 Å². The topological polar surface area (TPSA) is 9.23 Å². The molecule has 1 saturated carbocycles. The number of halogens is 3. The predicted octanol–water partition coefficient (Wildman–Crippen LogP) is 6.03. The molecule has 1 nitrogen and oxygen atoms in total. The predicted molar refractivity (Wildman–Crippen MR) is 87.2 cm³/mol. The maximum absolute atomic E-state index is 14.1. The van der Waals surface area contributed by atoms with Crippen molar-refractivity contribution in [2.45, 2.75) is 64.4 Å². The molecule has 0 amide bonds. The number of benzene rings is 1. The van der Waals surface area contributed by atoms with Crippen LogP contribution in [0.15, 0.2) is 10.5 Å². The van der Waals surface area contributed by atoms with Gasteiger partial charge in [-0.1, -0.05) is 32.6 Å². The van der Waals surface area contributed by atoms with Crippen molar-refractivity contribution in [2.75, 3.05) is 0 Å². The number of rotatable bonds is 3. The van der Waals surface area contributed by atoms with Gasteiger partial charge in [0.15, 0.2) is 11.6 Å². The second-order valence-electron chi connectivity index (χ2n) is 6.74. The van der Waals surface area contributed by atoms with Crippen LogP contribution >= 0.6 is 15.9 Å². The number of hydrogen-bond acceptors (Lipinski definition) is 1. The third kappa shape index (κ3) is 3.17. The molecule has 1 heterocycles. The first-order chi connectivity index (χ1) is 10.6. The van der Waals surface area contributed by atoms with Crippen molar-refractivity contribution in [1.82, 2.24) is 0 Å². The lowest BCUT2D eigenvalue weighted by molar-refractivity contribution is 0.0710. The van der Waals surface area contributed by atoms with Crippen LogP contribution in [0.3, 0.4) is 0 Å². The van der Waals surface area contributed by atoms with Gasteiger partial charge in [0.1, 0.15) is 6.10 Å². The first kappa shape index (κ1) is 16.2. The van der Waals surface area contributed by atoms with Gasteiger partial charge in [-0.2, -0.15) is 4.39 Å². The Kier molecular flexibility index (Phi) is 5.06. The van der Waals surface area contributed by atoms with E-state index in [1.807, 2.05) is 0 Å². The van der Waals surface area contributed by atoms with Crippen LogP contribution in [0.2, 0.25) is 0 Å². The molecule has 1 aromatic rings. The molecule has 2 aliphatic rings. The van der Waals surface area contributed by atoms with E-state index in [0.29, 0.717) is 5.92 Å². The van der Waals surface area contributed by atoms with Gasteiger partial charge in [0.25, 0.3) is 0 Å². The van der Waals surface area contributed by atoms with Crippen molar-refractivity contribution in [3.8, 4) is 5.75 Å². The van der Waals surface area contributed by atoms with Gasteiger partial charge in [-0.05, 0) is 65.1 Å². The quantitative estimate of drug-likeness (QED) is 0.588. The molecule has 0 saturated heterocycles. The molecule has 3 rings (SSSR count). The standard InChI is InChI=1S/C18H23BrF2O/c1-2-3-11-4-6-12(7-5-11)15-9-8-13-10-14(19)16(20)17(21)18(13)22-15/h10-12,15H,2-9H2,1H3. The average molecular weight is 373 g/mol. The molecule has 122 valence electrons. The molecule has 0 bridgehead atoms. The van der Waals surface area contributed by atoms with Crippen LogP contribution in [0.1, 0.15) is 57.4 Å². The summed E-state index contributed by atoms with van der Waals surface area (Å²) in [5, 5.41) is 0. The van der Waals surface area contributed by atoms with Crippen LogP contribution in [0.25, 0.3) is 0 Å². The van der Waals surface area contributed by atoms with E-state index in [0.717, 1.165) is 37.2 Å². The molecule has 0 spiro atoms. The van der Waals surface area contributed by atoms with Crippen molar-refractivity contribution in [3.05, 3.63) is 27.7 Å². The molecule has 1 aliphatic heterocycles. The maximum atomic E-state index is 14.1. The van der Waals surface area contributed by atoms with E-state index >= 15 is 0 Å². The zero-order chi connectivity index (χ0) is 15.7. The van der Waals surface area contributed by atoms with Gasteiger partial charge >= 0.3 is 0 Å². The molecule has 1 aromatic carbocycles. The fourth-order valence-corrected chi connectivity index (χ4v) is 4.49. The average Bonchev–Trinajstić information content (AvgIpc) is 2.54. The van der Waals surface area contributed by atoms with Gasteiger partial charge in [0.2, 0.25) is 5.82 Å². The number of hydrogen-bond donors (Lipinski definition) is 0. The second-order valence-corrected chi connectivity index (χ2v) is 7.59. The van der Waals surface area contributed by atoms with Gasteiger partial charge in [0.05, 0.1) is 4.47 Å². The summed E-state index contributed by atoms with van der Waals surface area (Å²) in [6, 6.07) is 1.65. The molecule has 1 aliphatic carbocycles. The normalized spacial score (nSPS) is 28.1. The van der Waals surface area contributed by atoms with Crippen LogP contribution in [0.5, 0.6) is 5.75 Å². The van der Waals surface area contributed by atoms with E-state index < -0.39 is 11.6 Å². The first-order valence-electron chi connectivity index (χ1n) is 8.43. The molecular formula is C18H23BrF2O. The molecule has 22 heavy (non-hydrogen) atoms. The molecule has 0 N–H and O–H groups in total. The van der Waals surface area contributed by atoms with E-state index in [1.165, 1.54) is 25.7 Å². The highest BCUT2D eigenvalue weighted by Gasteiger charge is 2.33. The smallest absolute Gasteiger partial charge is 0.202 e. The van der Waals surface area contributed by atoms with Crippen molar-refractivity contribution < 1.29 is 13.5 Å². The Bertz CT molecular complexity index is 538. The Balaban J connectivity index is 1.69. The van der Waals surface area contributed by atoms with Gasteiger partial charge < -0.3 is 4.74 Å². The minimum atomic E-state index is -0.842. The largest absolute Gasteiger partial charge is 0.487 e. The van der Waals surface area contributed by atoms with Gasteiger partial charge in [-0.3, -0.25) is 0 Å². The van der Waals surface area contributed by atoms with Gasteiger partial charge in [0, 0.05) is 0 Å². The molecule has 0 radical (unpaired) electrons. The number of aryl methyl sites for hydroxylation is 1. The Morgan fingerprint density at radius 1 is 1.14 bits per heavy atom. The van der Waals surface area contributed by atoms with E-state index in [9.17, 15) is 8.78 Å². The summed E-state index contributed by atoms with van der Waals surface area (Å²) < 4.78 is 33.9. The first-order valence-corrected chi connectivity index (χ1v) is 9.22. The summed E-state index contributed by atoms with van der Waals surface area (Å²) in [5.74, 6) is -0.193. The molecule has 4 heteroatoms. The lowest BCUT2D eigenvalue weighted by Gasteiger charge is -2.36. The summed E-state index contributed by atoms with van der Waals surface area (Å²) in [4.78, 5) is 0. The van der Waals surface area contributed by atoms with Gasteiger partial charge in [-0.15, -0.1) is 0 Å². The Hall–Kier alpha value is -0.640. The summed E-state index contributed by atoms with van der Waals surface area (Å²) >= 11 is 3.07. The molecular weight excluding hydrogens is 350 g/mol. The van der Waals surface area contributed by atoms with E-state index in [1.54, 1.807) is 6.07 Å². The van der Waals surface area contributed by atoms with Crippen molar-refractivity contribution >= 4 is 15.9 Å². The Morgan fingerprint density at radius 3 is 2.55 bits per heavy atom. The molecule has 1 unspecified atom stereocenters. The summed E-state index contributed by atoms with van der Waals surface area (Å²) in [6.45, 7) is 2.24.